The first-order chi connectivity index (χ1) is 18.9. The number of anilines is 2. The lowest BCUT2D eigenvalue weighted by Crippen LogP contribution is -2.17. The number of carbonyl (C=O) groups excluding carboxylic acids is 3. The molecule has 1 aliphatic carbocycles. The van der Waals surface area contributed by atoms with Crippen molar-refractivity contribution >= 4 is 51.6 Å². The molecule has 1 aromatic heterocycles. The van der Waals surface area contributed by atoms with E-state index in [1.807, 2.05) is 18.2 Å². The van der Waals surface area contributed by atoms with Crippen molar-refractivity contribution in [3.8, 4) is 11.5 Å². The van der Waals surface area contributed by atoms with Gasteiger partial charge in [0, 0.05) is 21.0 Å². The molecule has 1 aliphatic rings. The Morgan fingerprint density at radius 2 is 1.74 bits per heavy atom. The molecule has 8 nitrogen and oxygen atoms in total. The van der Waals surface area contributed by atoms with Crippen molar-refractivity contribution in [2.24, 2.45) is 0 Å². The molecule has 4 rings (SSSR count). The number of amides is 2. The maximum absolute atomic E-state index is 12.9. The van der Waals surface area contributed by atoms with E-state index in [9.17, 15) is 14.4 Å². The van der Waals surface area contributed by atoms with Crippen LogP contribution in [0.3, 0.4) is 0 Å². The molecule has 3 aromatic rings. The van der Waals surface area contributed by atoms with Crippen molar-refractivity contribution in [2.45, 2.75) is 43.9 Å². The van der Waals surface area contributed by atoms with Crippen LogP contribution < -0.4 is 20.1 Å². The van der Waals surface area contributed by atoms with Crippen LogP contribution in [-0.4, -0.2) is 44.4 Å². The number of rotatable bonds is 10. The Morgan fingerprint density at radius 3 is 2.51 bits per heavy atom. The first-order valence-electron chi connectivity index (χ1n) is 12.8. The largest absolute Gasteiger partial charge is 0.493 e. The van der Waals surface area contributed by atoms with Gasteiger partial charge in [-0.3, -0.25) is 9.59 Å². The van der Waals surface area contributed by atoms with Gasteiger partial charge < -0.3 is 24.8 Å². The molecular weight excluding hydrogens is 536 g/mol. The molecule has 0 radical (unpaired) electrons. The highest BCUT2D eigenvalue weighted by molar-refractivity contribution is 8.00. The molecule has 0 spiro atoms. The number of hydrogen-bond donors (Lipinski definition) is 2. The highest BCUT2D eigenvalue weighted by atomic mass is 32.2. The summed E-state index contributed by atoms with van der Waals surface area (Å²) in [5.74, 6) is 0.282. The summed E-state index contributed by atoms with van der Waals surface area (Å²) in [5, 5.41) is 6.40. The van der Waals surface area contributed by atoms with Crippen molar-refractivity contribution in [1.29, 1.82) is 0 Å². The number of methoxy groups -OCH3 is 2. The van der Waals surface area contributed by atoms with Gasteiger partial charge >= 0.3 is 5.97 Å². The van der Waals surface area contributed by atoms with Gasteiger partial charge in [-0.15, -0.1) is 23.1 Å². The number of benzene rings is 2. The highest BCUT2D eigenvalue weighted by Crippen LogP contribution is 2.38. The van der Waals surface area contributed by atoms with Gasteiger partial charge in [-0.2, -0.15) is 0 Å². The first-order valence-corrected chi connectivity index (χ1v) is 14.6. The molecule has 0 bridgehead atoms. The quantitative estimate of drug-likeness (QED) is 0.171. The summed E-state index contributed by atoms with van der Waals surface area (Å²) >= 11 is 2.83. The second-order valence-corrected chi connectivity index (χ2v) is 11.0. The molecule has 0 saturated heterocycles. The minimum absolute atomic E-state index is 0.151. The molecule has 0 fully saturated rings. The number of aryl methyl sites for hydroxylation is 1. The van der Waals surface area contributed by atoms with Crippen LogP contribution in [0.4, 0.5) is 10.7 Å². The van der Waals surface area contributed by atoms with Gasteiger partial charge in [0.15, 0.2) is 11.5 Å². The summed E-state index contributed by atoms with van der Waals surface area (Å²) in [6, 6.07) is 12.2. The fourth-order valence-corrected chi connectivity index (χ4v) is 6.45. The molecule has 2 amide bonds. The van der Waals surface area contributed by atoms with Crippen LogP contribution in [-0.2, 0) is 22.4 Å². The van der Waals surface area contributed by atoms with Crippen molar-refractivity contribution in [1.82, 2.24) is 0 Å². The number of esters is 1. The summed E-state index contributed by atoms with van der Waals surface area (Å²) in [4.78, 5) is 40.4. The Hall–Kier alpha value is -3.50. The molecule has 0 atom stereocenters. The maximum atomic E-state index is 12.9. The van der Waals surface area contributed by atoms with Crippen molar-refractivity contribution in [3.05, 3.63) is 64.0 Å². The molecule has 206 valence electrons. The number of ether oxygens (including phenoxy) is 3. The molecule has 10 heteroatoms. The minimum Gasteiger partial charge on any atom is -0.493 e. The number of hydrogen-bond acceptors (Lipinski definition) is 8. The van der Waals surface area contributed by atoms with Crippen LogP contribution in [0.15, 0.2) is 47.4 Å². The number of thiophene rings is 1. The predicted molar refractivity (Wildman–Crippen MR) is 155 cm³/mol. The van der Waals surface area contributed by atoms with Gasteiger partial charge in [0.25, 0.3) is 5.91 Å². The van der Waals surface area contributed by atoms with E-state index >= 15 is 0 Å². The van der Waals surface area contributed by atoms with Crippen LogP contribution in [0.25, 0.3) is 0 Å². The molecule has 0 aliphatic heterocycles. The lowest BCUT2D eigenvalue weighted by molar-refractivity contribution is -0.113. The first kappa shape index (κ1) is 28.5. The Kier molecular flexibility index (Phi) is 9.89. The molecule has 1 heterocycles. The van der Waals surface area contributed by atoms with Crippen LogP contribution in [0.2, 0.25) is 0 Å². The number of nitrogens with one attached hydrogen (secondary N) is 2. The fourth-order valence-electron chi connectivity index (χ4n) is 4.41. The van der Waals surface area contributed by atoms with E-state index in [0.717, 1.165) is 47.4 Å². The van der Waals surface area contributed by atoms with E-state index in [1.165, 1.54) is 37.3 Å². The summed E-state index contributed by atoms with van der Waals surface area (Å²) in [6.45, 7) is 2.06. The van der Waals surface area contributed by atoms with E-state index in [4.69, 9.17) is 14.2 Å². The van der Waals surface area contributed by atoms with Gasteiger partial charge in [0.2, 0.25) is 5.91 Å². The number of carbonyl (C=O) groups is 3. The van der Waals surface area contributed by atoms with E-state index in [-0.39, 0.29) is 30.1 Å². The Morgan fingerprint density at radius 1 is 0.949 bits per heavy atom. The van der Waals surface area contributed by atoms with E-state index in [1.54, 1.807) is 31.2 Å². The molecule has 2 aromatic carbocycles. The topological polar surface area (TPSA) is 103 Å². The second kappa shape index (κ2) is 13.5. The van der Waals surface area contributed by atoms with Gasteiger partial charge in [-0.05, 0) is 74.6 Å². The predicted octanol–water partition coefficient (Wildman–Crippen LogP) is 6.19. The molecule has 39 heavy (non-hydrogen) atoms. The third-order valence-corrected chi connectivity index (χ3v) is 8.46. The maximum Gasteiger partial charge on any atom is 0.341 e. The molecule has 0 unspecified atom stereocenters. The molecule has 0 saturated carbocycles. The van der Waals surface area contributed by atoms with Crippen LogP contribution in [0, 0.1) is 0 Å². The summed E-state index contributed by atoms with van der Waals surface area (Å²) in [6.07, 6.45) is 4.98. The average molecular weight is 569 g/mol. The van der Waals surface area contributed by atoms with Gasteiger partial charge in [-0.25, -0.2) is 4.79 Å². The average Bonchev–Trinajstić information content (AvgIpc) is 3.11. The van der Waals surface area contributed by atoms with Crippen molar-refractivity contribution < 1.29 is 28.6 Å². The summed E-state index contributed by atoms with van der Waals surface area (Å²) in [5.41, 5.74) is 2.57. The lowest BCUT2D eigenvalue weighted by atomic mass is 10.1. The standard InChI is InChI=1S/C29H32N2O6S2/c1-4-37-29(34)26-21-11-6-5-7-12-24(21)39-28(26)31-25(32)17-38-20-10-8-9-19(16-20)30-27(33)18-13-14-22(35-2)23(15-18)36-3/h8-10,13-16H,4-7,11-12,17H2,1-3H3,(H,30,33)(H,31,32). The second-order valence-electron chi connectivity index (χ2n) is 8.88. The third-order valence-electron chi connectivity index (χ3n) is 6.26. The third kappa shape index (κ3) is 7.13. The smallest absolute Gasteiger partial charge is 0.341 e. The monoisotopic (exact) mass is 568 g/mol. The fraction of sp³-hybridized carbons (Fsp3) is 0.345. The SMILES string of the molecule is CCOC(=O)c1c(NC(=O)CSc2cccc(NC(=O)c3ccc(OC)c(OC)c3)c2)sc2c1CCCCC2. The van der Waals surface area contributed by atoms with Crippen molar-refractivity contribution in [3.63, 3.8) is 0 Å². The Balaban J connectivity index is 1.40. The zero-order chi connectivity index (χ0) is 27.8. The lowest BCUT2D eigenvalue weighted by Gasteiger charge is -2.11. The van der Waals surface area contributed by atoms with E-state index < -0.39 is 0 Å². The summed E-state index contributed by atoms with van der Waals surface area (Å²) in [7, 11) is 3.05. The van der Waals surface area contributed by atoms with Crippen LogP contribution in [0.5, 0.6) is 11.5 Å². The Bertz CT molecular complexity index is 1350. The number of thioether (sulfide) groups is 1. The number of fused-ring (bicyclic) bond motifs is 1. The normalized spacial score (nSPS) is 12.6. The molecule has 2 N–H and O–H groups in total. The van der Waals surface area contributed by atoms with Gasteiger partial charge in [-0.1, -0.05) is 12.5 Å². The van der Waals surface area contributed by atoms with Gasteiger partial charge in [0.1, 0.15) is 5.00 Å². The van der Waals surface area contributed by atoms with Crippen LogP contribution in [0.1, 0.15) is 57.3 Å². The highest BCUT2D eigenvalue weighted by Gasteiger charge is 2.26. The minimum atomic E-state index is -0.377. The van der Waals surface area contributed by atoms with E-state index in [0.29, 0.717) is 33.3 Å². The zero-order valence-corrected chi connectivity index (χ0v) is 23.9. The van der Waals surface area contributed by atoms with Crippen LogP contribution >= 0.6 is 23.1 Å². The van der Waals surface area contributed by atoms with E-state index in [2.05, 4.69) is 10.6 Å². The molecular formula is C29H32N2O6S2. The van der Waals surface area contributed by atoms with Gasteiger partial charge in [0.05, 0.1) is 32.1 Å². The zero-order valence-electron chi connectivity index (χ0n) is 22.3. The summed E-state index contributed by atoms with van der Waals surface area (Å²) < 4.78 is 15.8. The van der Waals surface area contributed by atoms with Crippen molar-refractivity contribution in [2.75, 3.05) is 37.2 Å². The Labute approximate surface area is 236 Å².